The van der Waals surface area contributed by atoms with Gasteiger partial charge in [-0.2, -0.15) is 10.2 Å². The fraction of sp³-hybridized carbons (Fsp3) is 0.0455. The first-order chi connectivity index (χ1) is 15.1. The zero-order valence-electron chi connectivity index (χ0n) is 16.5. The molecule has 0 aliphatic rings. The Labute approximate surface area is 176 Å². The summed E-state index contributed by atoms with van der Waals surface area (Å²) in [6.07, 6.45) is 6.67. The van der Waals surface area contributed by atoms with E-state index in [4.69, 9.17) is 0 Å². The van der Waals surface area contributed by atoms with Crippen molar-refractivity contribution in [2.45, 2.75) is 6.92 Å². The van der Waals surface area contributed by atoms with E-state index in [-0.39, 0.29) is 5.82 Å². The van der Waals surface area contributed by atoms with Gasteiger partial charge in [0.05, 0.1) is 17.6 Å². The number of aryl methyl sites for hydroxylation is 1. The van der Waals surface area contributed by atoms with Gasteiger partial charge in [0, 0.05) is 29.2 Å². The van der Waals surface area contributed by atoms with Crippen LogP contribution in [0.3, 0.4) is 0 Å². The van der Waals surface area contributed by atoms with Crippen LogP contribution in [0.25, 0.3) is 28.1 Å². The molecule has 5 aromatic rings. The van der Waals surface area contributed by atoms with Crippen LogP contribution in [0.2, 0.25) is 0 Å². The molecule has 0 amide bonds. The van der Waals surface area contributed by atoms with Crippen LogP contribution in [0, 0.1) is 12.7 Å². The summed E-state index contributed by atoms with van der Waals surface area (Å²) in [5, 5.41) is 14.1. The number of hydrogen-bond acceptors (Lipinski definition) is 6. The topological polar surface area (TPSA) is 97.2 Å². The predicted molar refractivity (Wildman–Crippen MR) is 114 cm³/mol. The first-order valence-electron chi connectivity index (χ1n) is 9.53. The van der Waals surface area contributed by atoms with E-state index < -0.39 is 0 Å². The lowest BCUT2D eigenvalue weighted by Gasteiger charge is -2.09. The third-order valence-corrected chi connectivity index (χ3v) is 4.68. The van der Waals surface area contributed by atoms with Crippen LogP contribution in [-0.4, -0.2) is 34.9 Å². The number of aromatic amines is 1. The number of nitrogens with zero attached hydrogens (tertiary/aromatic N) is 6. The van der Waals surface area contributed by atoms with Gasteiger partial charge >= 0.3 is 0 Å². The highest BCUT2D eigenvalue weighted by Crippen LogP contribution is 2.27. The average Bonchev–Trinajstić information content (AvgIpc) is 3.46. The molecule has 0 saturated heterocycles. The van der Waals surface area contributed by atoms with Gasteiger partial charge in [0.25, 0.3) is 0 Å². The molecule has 5 rings (SSSR count). The number of benzene rings is 2. The number of nitrogens with one attached hydrogen (secondary N) is 2. The molecule has 9 heteroatoms. The Morgan fingerprint density at radius 1 is 0.968 bits per heavy atom. The van der Waals surface area contributed by atoms with Crippen LogP contribution in [0.1, 0.15) is 5.82 Å². The number of rotatable bonds is 5. The number of H-pyrrole nitrogens is 1. The highest BCUT2D eigenvalue weighted by molar-refractivity contribution is 5.71. The SMILES string of the molecule is Cc1ncn(-c2ccc(Nc3nccc(-c4cc(F)cc(-c5cn[nH]c5)c4)n3)cc2)n1. The van der Waals surface area contributed by atoms with Crippen LogP contribution in [0.5, 0.6) is 0 Å². The average molecular weight is 412 g/mol. The summed E-state index contributed by atoms with van der Waals surface area (Å²) in [6, 6.07) is 14.2. The smallest absolute Gasteiger partial charge is 0.227 e. The minimum atomic E-state index is -0.347. The molecule has 0 saturated carbocycles. The number of aromatic nitrogens is 7. The molecule has 152 valence electrons. The minimum Gasteiger partial charge on any atom is -0.324 e. The number of hydrogen-bond donors (Lipinski definition) is 2. The number of anilines is 2. The molecule has 0 atom stereocenters. The van der Waals surface area contributed by atoms with Crippen molar-refractivity contribution in [1.29, 1.82) is 0 Å². The molecule has 0 radical (unpaired) electrons. The van der Waals surface area contributed by atoms with Gasteiger partial charge in [0.2, 0.25) is 5.95 Å². The fourth-order valence-corrected chi connectivity index (χ4v) is 3.19. The molecule has 31 heavy (non-hydrogen) atoms. The van der Waals surface area contributed by atoms with Gasteiger partial charge in [-0.25, -0.2) is 24.0 Å². The maximum absolute atomic E-state index is 14.2. The van der Waals surface area contributed by atoms with Crippen molar-refractivity contribution < 1.29 is 4.39 Å². The summed E-state index contributed by atoms with van der Waals surface area (Å²) >= 11 is 0. The molecule has 0 fully saturated rings. The summed E-state index contributed by atoms with van der Waals surface area (Å²) < 4.78 is 15.9. The maximum atomic E-state index is 14.2. The van der Waals surface area contributed by atoms with Gasteiger partial charge in [-0.3, -0.25) is 5.10 Å². The summed E-state index contributed by atoms with van der Waals surface area (Å²) in [7, 11) is 0. The molecule has 0 bridgehead atoms. The molecule has 3 heterocycles. The van der Waals surface area contributed by atoms with Crippen LogP contribution in [-0.2, 0) is 0 Å². The Hall–Kier alpha value is -4.40. The molecule has 0 unspecified atom stereocenters. The lowest BCUT2D eigenvalue weighted by Crippen LogP contribution is -1.99. The van der Waals surface area contributed by atoms with Gasteiger partial charge in [-0.1, -0.05) is 0 Å². The predicted octanol–water partition coefficient (Wildman–Crippen LogP) is 4.31. The van der Waals surface area contributed by atoms with Crippen molar-refractivity contribution in [3.8, 4) is 28.1 Å². The van der Waals surface area contributed by atoms with Gasteiger partial charge in [0.15, 0.2) is 0 Å². The van der Waals surface area contributed by atoms with Crippen LogP contribution < -0.4 is 5.32 Å². The molecule has 2 N–H and O–H groups in total. The van der Waals surface area contributed by atoms with E-state index in [2.05, 4.69) is 35.6 Å². The van der Waals surface area contributed by atoms with Crippen LogP contribution in [0.4, 0.5) is 16.0 Å². The normalized spacial score (nSPS) is 10.9. The van der Waals surface area contributed by atoms with Gasteiger partial charge in [-0.05, 0) is 61.0 Å². The second-order valence-corrected chi connectivity index (χ2v) is 6.89. The van der Waals surface area contributed by atoms with Crippen molar-refractivity contribution in [2.75, 3.05) is 5.32 Å². The second kappa shape index (κ2) is 7.79. The largest absolute Gasteiger partial charge is 0.324 e. The van der Waals surface area contributed by atoms with E-state index in [0.29, 0.717) is 23.0 Å². The van der Waals surface area contributed by atoms with E-state index in [1.54, 1.807) is 35.7 Å². The van der Waals surface area contributed by atoms with Crippen molar-refractivity contribution in [3.05, 3.63) is 85.1 Å². The van der Waals surface area contributed by atoms with Crippen LogP contribution in [0.15, 0.2) is 73.4 Å². The van der Waals surface area contributed by atoms with Crippen LogP contribution >= 0.6 is 0 Å². The van der Waals surface area contributed by atoms with Crippen molar-refractivity contribution in [2.24, 2.45) is 0 Å². The Bertz CT molecular complexity index is 1330. The first-order valence-corrected chi connectivity index (χ1v) is 9.53. The summed E-state index contributed by atoms with van der Waals surface area (Å²) in [6.45, 7) is 1.84. The molecule has 8 nitrogen and oxygen atoms in total. The third kappa shape index (κ3) is 4.01. The Morgan fingerprint density at radius 3 is 2.55 bits per heavy atom. The molecule has 0 aliphatic heterocycles. The highest BCUT2D eigenvalue weighted by atomic mass is 19.1. The summed E-state index contributed by atoms with van der Waals surface area (Å²) in [5.74, 6) is 0.775. The molecule has 0 spiro atoms. The monoisotopic (exact) mass is 412 g/mol. The maximum Gasteiger partial charge on any atom is 0.227 e. The minimum absolute atomic E-state index is 0.347. The standard InChI is InChI=1S/C22H17FN8/c1-14-25-13-31(30-14)20-4-2-19(3-5-20)28-22-24-7-6-21(29-22)16-8-15(9-18(23)10-16)17-11-26-27-12-17/h2-13H,1H3,(H,26,27)(H,24,28,29). The molecular formula is C22H17FN8. The van der Waals surface area contributed by atoms with Crippen molar-refractivity contribution >= 4 is 11.6 Å². The lowest BCUT2D eigenvalue weighted by atomic mass is 10.0. The van der Waals surface area contributed by atoms with E-state index in [1.807, 2.05) is 37.3 Å². The van der Waals surface area contributed by atoms with E-state index in [0.717, 1.165) is 22.5 Å². The third-order valence-electron chi connectivity index (χ3n) is 4.68. The van der Waals surface area contributed by atoms with E-state index >= 15 is 0 Å². The Kier molecular flexibility index (Phi) is 4.68. The van der Waals surface area contributed by atoms with E-state index in [1.165, 1.54) is 12.1 Å². The zero-order valence-corrected chi connectivity index (χ0v) is 16.5. The molecule has 0 aliphatic carbocycles. The number of halogens is 1. The first kappa shape index (κ1) is 18.6. The molecular weight excluding hydrogens is 395 g/mol. The summed E-state index contributed by atoms with van der Waals surface area (Å²) in [4.78, 5) is 13.0. The van der Waals surface area contributed by atoms with Gasteiger partial charge in [-0.15, -0.1) is 0 Å². The Balaban J connectivity index is 1.40. The fourth-order valence-electron chi connectivity index (χ4n) is 3.19. The molecule has 3 aromatic heterocycles. The highest BCUT2D eigenvalue weighted by Gasteiger charge is 2.09. The van der Waals surface area contributed by atoms with Crippen molar-refractivity contribution in [1.82, 2.24) is 34.9 Å². The Morgan fingerprint density at radius 2 is 1.81 bits per heavy atom. The lowest BCUT2D eigenvalue weighted by molar-refractivity contribution is 0.629. The molecule has 2 aromatic carbocycles. The quantitative estimate of drug-likeness (QED) is 0.447. The van der Waals surface area contributed by atoms with E-state index in [9.17, 15) is 4.39 Å². The summed E-state index contributed by atoms with van der Waals surface area (Å²) in [5.41, 5.74) is 4.49. The zero-order chi connectivity index (χ0) is 21.2. The van der Waals surface area contributed by atoms with Gasteiger partial charge in [0.1, 0.15) is 18.0 Å². The van der Waals surface area contributed by atoms with Gasteiger partial charge < -0.3 is 5.32 Å². The van der Waals surface area contributed by atoms with Crippen molar-refractivity contribution in [3.63, 3.8) is 0 Å². The second-order valence-electron chi connectivity index (χ2n) is 6.89.